The number of pyridine rings is 1. The fraction of sp³-hybridized carbons (Fsp3) is 0.0870. The number of hydrogen-bond acceptors (Lipinski definition) is 7. The largest absolute Gasteiger partial charge is 0.438 e. The van der Waals surface area contributed by atoms with Crippen molar-refractivity contribution in [2.45, 2.75) is 13.8 Å². The lowest BCUT2D eigenvalue weighted by Gasteiger charge is -2.15. The normalized spacial score (nSPS) is 9.94. The number of nitrogens with one attached hydrogen (secondary N) is 1. The Morgan fingerprint density at radius 3 is 2.45 bits per heavy atom. The van der Waals surface area contributed by atoms with Crippen LogP contribution in [0.4, 0.5) is 17.2 Å². The van der Waals surface area contributed by atoms with Crippen molar-refractivity contribution in [2.75, 3.05) is 5.32 Å². The molecule has 152 valence electrons. The summed E-state index contributed by atoms with van der Waals surface area (Å²) in [5.74, 6) is 0.646. The highest BCUT2D eigenvalue weighted by atomic mass is 16.6. The van der Waals surface area contributed by atoms with E-state index < -0.39 is 4.92 Å². The summed E-state index contributed by atoms with van der Waals surface area (Å²) in [6.45, 7) is 7.37. The van der Waals surface area contributed by atoms with Crippen LogP contribution < -0.4 is 10.1 Å². The number of nitro groups is 1. The Kier molecular flexibility index (Phi) is 5.95. The van der Waals surface area contributed by atoms with Crippen molar-refractivity contribution in [3.8, 4) is 23.8 Å². The minimum absolute atomic E-state index is 0.0000953. The first-order chi connectivity index (χ1) is 14.9. The van der Waals surface area contributed by atoms with Crippen LogP contribution in [-0.2, 0) is 0 Å². The predicted octanol–water partition coefficient (Wildman–Crippen LogP) is 5.53. The average molecular weight is 411 g/mol. The summed E-state index contributed by atoms with van der Waals surface area (Å²) in [5.41, 5.74) is 3.35. The molecule has 0 spiro atoms. The van der Waals surface area contributed by atoms with Crippen LogP contribution in [0.1, 0.15) is 27.8 Å². The molecule has 0 aliphatic rings. The summed E-state index contributed by atoms with van der Waals surface area (Å²) in [6, 6.07) is 15.0. The van der Waals surface area contributed by atoms with Gasteiger partial charge in [0.25, 0.3) is 0 Å². The predicted molar refractivity (Wildman–Crippen MR) is 116 cm³/mol. The number of benzene rings is 2. The summed E-state index contributed by atoms with van der Waals surface area (Å²) in [6.07, 6.45) is 1.58. The Bertz CT molecular complexity index is 1270. The van der Waals surface area contributed by atoms with Crippen molar-refractivity contribution in [1.82, 2.24) is 4.98 Å². The van der Waals surface area contributed by atoms with Crippen molar-refractivity contribution < 1.29 is 9.66 Å². The molecule has 0 aliphatic carbocycles. The second-order valence-corrected chi connectivity index (χ2v) is 6.62. The van der Waals surface area contributed by atoms with Gasteiger partial charge in [-0.2, -0.15) is 15.5 Å². The van der Waals surface area contributed by atoms with Crippen LogP contribution in [0, 0.1) is 46.6 Å². The van der Waals surface area contributed by atoms with E-state index in [4.69, 9.17) is 10.00 Å². The number of aryl methyl sites for hydroxylation is 1. The zero-order valence-electron chi connectivity index (χ0n) is 16.8. The molecular weight excluding hydrogens is 394 g/mol. The Labute approximate surface area is 178 Å². The maximum atomic E-state index is 11.4. The molecule has 8 heteroatoms. The number of aromatic nitrogens is 1. The molecule has 3 aromatic rings. The monoisotopic (exact) mass is 411 g/mol. The summed E-state index contributed by atoms with van der Waals surface area (Å²) in [5, 5.41) is 32.6. The Balaban J connectivity index is 2.01. The highest BCUT2D eigenvalue weighted by molar-refractivity contribution is 5.68. The van der Waals surface area contributed by atoms with E-state index in [1.807, 2.05) is 13.0 Å². The van der Waals surface area contributed by atoms with Crippen molar-refractivity contribution in [1.29, 1.82) is 10.5 Å². The standard InChI is InChI=1S/C23H17N5O3/c1-4-19-15(3)22(14(2)11-17(19)13-25)31-21-10-9-20(28(29)30)23(27-21)26-18-7-5-16(12-24)6-8-18/h4-11H,1H2,2-3H3,(H,26,27). The van der Waals surface area contributed by atoms with Crippen LogP contribution in [0.25, 0.3) is 6.08 Å². The number of nitrogens with zero attached hydrogens (tertiary/aromatic N) is 4. The third-order valence-corrected chi connectivity index (χ3v) is 4.61. The van der Waals surface area contributed by atoms with Crippen LogP contribution in [0.5, 0.6) is 11.6 Å². The lowest BCUT2D eigenvalue weighted by atomic mass is 9.98. The van der Waals surface area contributed by atoms with Gasteiger partial charge in [0.2, 0.25) is 11.7 Å². The molecule has 2 aromatic carbocycles. The van der Waals surface area contributed by atoms with Gasteiger partial charge in [0.15, 0.2) is 0 Å². The fourth-order valence-corrected chi connectivity index (χ4v) is 3.09. The van der Waals surface area contributed by atoms with Gasteiger partial charge >= 0.3 is 5.69 Å². The number of nitriles is 2. The van der Waals surface area contributed by atoms with Crippen LogP contribution in [0.3, 0.4) is 0 Å². The van der Waals surface area contributed by atoms with Gasteiger partial charge in [-0.1, -0.05) is 12.7 Å². The smallest absolute Gasteiger partial charge is 0.311 e. The zero-order valence-corrected chi connectivity index (χ0v) is 16.8. The topological polar surface area (TPSA) is 125 Å². The molecule has 1 heterocycles. The number of anilines is 2. The maximum absolute atomic E-state index is 11.4. The quantitative estimate of drug-likeness (QED) is 0.417. The highest BCUT2D eigenvalue weighted by Gasteiger charge is 2.19. The Hall–Kier alpha value is -4.69. The molecule has 0 bridgehead atoms. The van der Waals surface area contributed by atoms with Crippen molar-refractivity contribution in [2.24, 2.45) is 0 Å². The first kappa shape index (κ1) is 21.0. The van der Waals surface area contributed by atoms with Crippen LogP contribution in [0.2, 0.25) is 0 Å². The van der Waals surface area contributed by atoms with Crippen molar-refractivity contribution >= 4 is 23.3 Å². The Morgan fingerprint density at radius 1 is 1.16 bits per heavy atom. The molecule has 0 radical (unpaired) electrons. The second kappa shape index (κ2) is 8.76. The molecule has 8 nitrogen and oxygen atoms in total. The van der Waals surface area contributed by atoms with E-state index in [1.165, 1.54) is 12.1 Å². The molecule has 31 heavy (non-hydrogen) atoms. The maximum Gasteiger partial charge on any atom is 0.311 e. The number of ether oxygens (including phenoxy) is 1. The van der Waals surface area contributed by atoms with E-state index in [9.17, 15) is 15.4 Å². The molecule has 0 fully saturated rings. The molecule has 0 atom stereocenters. The van der Waals surface area contributed by atoms with Crippen LogP contribution in [0.15, 0.2) is 49.0 Å². The van der Waals surface area contributed by atoms with E-state index in [2.05, 4.69) is 22.9 Å². The van der Waals surface area contributed by atoms with E-state index in [-0.39, 0.29) is 17.4 Å². The molecular formula is C23H17N5O3. The van der Waals surface area contributed by atoms with Gasteiger partial charge in [0.05, 0.1) is 28.2 Å². The molecule has 0 saturated carbocycles. The SMILES string of the molecule is C=Cc1c(C#N)cc(C)c(Oc2ccc([N+](=O)[O-])c(Nc3ccc(C#N)cc3)n2)c1C. The summed E-state index contributed by atoms with van der Waals surface area (Å²) < 4.78 is 5.96. The summed E-state index contributed by atoms with van der Waals surface area (Å²) >= 11 is 0. The average Bonchev–Trinajstić information content (AvgIpc) is 2.76. The first-order valence-electron chi connectivity index (χ1n) is 9.15. The van der Waals surface area contributed by atoms with Crippen molar-refractivity contribution in [3.05, 3.63) is 87.0 Å². The molecule has 0 amide bonds. The van der Waals surface area contributed by atoms with E-state index in [0.29, 0.717) is 33.7 Å². The van der Waals surface area contributed by atoms with E-state index in [0.717, 1.165) is 5.56 Å². The van der Waals surface area contributed by atoms with Gasteiger partial charge in [0.1, 0.15) is 5.75 Å². The summed E-state index contributed by atoms with van der Waals surface area (Å²) in [7, 11) is 0. The molecule has 1 aromatic heterocycles. The first-order valence-corrected chi connectivity index (χ1v) is 9.15. The minimum atomic E-state index is -0.545. The third-order valence-electron chi connectivity index (χ3n) is 4.61. The van der Waals surface area contributed by atoms with Gasteiger partial charge < -0.3 is 10.1 Å². The molecule has 0 unspecified atom stereocenters. The number of hydrogen-bond donors (Lipinski definition) is 1. The van der Waals surface area contributed by atoms with Crippen LogP contribution in [-0.4, -0.2) is 9.91 Å². The molecule has 0 aliphatic heterocycles. The summed E-state index contributed by atoms with van der Waals surface area (Å²) in [4.78, 5) is 15.2. The van der Waals surface area contributed by atoms with Gasteiger partial charge in [-0.3, -0.25) is 10.1 Å². The van der Waals surface area contributed by atoms with E-state index >= 15 is 0 Å². The lowest BCUT2D eigenvalue weighted by Crippen LogP contribution is -2.02. The van der Waals surface area contributed by atoms with Crippen LogP contribution >= 0.6 is 0 Å². The van der Waals surface area contributed by atoms with Gasteiger partial charge in [-0.05, 0) is 55.3 Å². The number of rotatable bonds is 6. The molecule has 0 saturated heterocycles. The van der Waals surface area contributed by atoms with E-state index in [1.54, 1.807) is 43.3 Å². The second-order valence-electron chi connectivity index (χ2n) is 6.62. The minimum Gasteiger partial charge on any atom is -0.438 e. The highest BCUT2D eigenvalue weighted by Crippen LogP contribution is 2.35. The lowest BCUT2D eigenvalue weighted by molar-refractivity contribution is -0.384. The van der Waals surface area contributed by atoms with Gasteiger partial charge in [-0.15, -0.1) is 0 Å². The van der Waals surface area contributed by atoms with Crippen molar-refractivity contribution in [3.63, 3.8) is 0 Å². The van der Waals surface area contributed by atoms with Gasteiger partial charge in [0, 0.05) is 23.4 Å². The zero-order chi connectivity index (χ0) is 22.5. The molecule has 3 rings (SSSR count). The Morgan fingerprint density at radius 2 is 1.87 bits per heavy atom. The molecule has 1 N–H and O–H groups in total. The van der Waals surface area contributed by atoms with Gasteiger partial charge in [-0.25, -0.2) is 0 Å². The third kappa shape index (κ3) is 4.34. The fourth-order valence-electron chi connectivity index (χ4n) is 3.09.